The van der Waals surface area contributed by atoms with Crippen LogP contribution in [0.2, 0.25) is 0 Å². The lowest BCUT2D eigenvalue weighted by atomic mass is 9.77. The van der Waals surface area contributed by atoms with E-state index in [-0.39, 0.29) is 29.7 Å². The Bertz CT molecular complexity index is 739. The van der Waals surface area contributed by atoms with Crippen LogP contribution >= 0.6 is 0 Å². The first-order chi connectivity index (χ1) is 16.2. The van der Waals surface area contributed by atoms with E-state index in [1.54, 1.807) is 4.90 Å². The van der Waals surface area contributed by atoms with Crippen molar-refractivity contribution in [2.75, 3.05) is 20.6 Å². The molecule has 192 valence electrons. The molecule has 0 bridgehead atoms. The van der Waals surface area contributed by atoms with E-state index in [9.17, 15) is 9.59 Å². The Morgan fingerprint density at radius 1 is 0.941 bits per heavy atom. The average Bonchev–Trinajstić information content (AvgIpc) is 3.18. The third-order valence-electron chi connectivity index (χ3n) is 9.52. The molecule has 0 aromatic heterocycles. The van der Waals surface area contributed by atoms with Gasteiger partial charge in [-0.05, 0) is 94.8 Å². The lowest BCUT2D eigenvalue weighted by molar-refractivity contribution is -0.134. The summed E-state index contributed by atoms with van der Waals surface area (Å²) in [5, 5.41) is 11.4. The number of carbonyl (C=O) groups is 2. The highest BCUT2D eigenvalue weighted by atomic mass is 16.2. The standard InChI is InChI=1S/C27H47N5O2/c1-17-4-12-22(13-5-17)30-26(33)24-14-20-10-11-21(25(28)29)15-23(20)32(24)16-18-6-8-19(9-7-18)27(34)31(2)3/h17-24H,4-16H2,1-3H3,(H3,28,29)(H,30,33). The smallest absolute Gasteiger partial charge is 0.237 e. The molecule has 7 heteroatoms. The number of amidine groups is 1. The maximum Gasteiger partial charge on any atom is 0.237 e. The van der Waals surface area contributed by atoms with Gasteiger partial charge in [-0.3, -0.25) is 19.9 Å². The van der Waals surface area contributed by atoms with Crippen LogP contribution < -0.4 is 11.1 Å². The minimum atomic E-state index is -0.0545. The molecule has 4 fully saturated rings. The molecule has 7 nitrogen and oxygen atoms in total. The Hall–Kier alpha value is -1.63. The summed E-state index contributed by atoms with van der Waals surface area (Å²) < 4.78 is 0. The predicted molar refractivity (Wildman–Crippen MR) is 135 cm³/mol. The van der Waals surface area contributed by atoms with Crippen LogP contribution in [0.3, 0.4) is 0 Å². The number of rotatable bonds is 6. The van der Waals surface area contributed by atoms with Crippen LogP contribution in [0.5, 0.6) is 0 Å². The first-order valence-electron chi connectivity index (χ1n) is 13.8. The third-order valence-corrected chi connectivity index (χ3v) is 9.52. The quantitative estimate of drug-likeness (QED) is 0.406. The van der Waals surface area contributed by atoms with Gasteiger partial charge >= 0.3 is 0 Å². The molecule has 1 heterocycles. The van der Waals surface area contributed by atoms with E-state index in [1.165, 1.54) is 12.8 Å². The van der Waals surface area contributed by atoms with Gasteiger partial charge in [0.15, 0.2) is 0 Å². The van der Waals surface area contributed by atoms with E-state index in [4.69, 9.17) is 11.1 Å². The summed E-state index contributed by atoms with van der Waals surface area (Å²) in [7, 11) is 3.70. The molecule has 0 aromatic rings. The molecule has 4 N–H and O–H groups in total. The molecule has 4 atom stereocenters. The average molecular weight is 474 g/mol. The first-order valence-corrected chi connectivity index (χ1v) is 13.8. The van der Waals surface area contributed by atoms with Gasteiger partial charge in [-0.2, -0.15) is 0 Å². The van der Waals surface area contributed by atoms with Gasteiger partial charge in [0.05, 0.1) is 11.9 Å². The molecule has 3 saturated carbocycles. The van der Waals surface area contributed by atoms with Crippen molar-refractivity contribution < 1.29 is 9.59 Å². The fourth-order valence-corrected chi connectivity index (χ4v) is 7.30. The van der Waals surface area contributed by atoms with Gasteiger partial charge in [0.1, 0.15) is 0 Å². The third kappa shape index (κ3) is 5.77. The number of fused-ring (bicyclic) bond motifs is 1. The van der Waals surface area contributed by atoms with Crippen molar-refractivity contribution in [1.29, 1.82) is 5.41 Å². The fraction of sp³-hybridized carbons (Fsp3) is 0.889. The molecule has 0 radical (unpaired) electrons. The number of nitrogens with one attached hydrogen (secondary N) is 2. The normalized spacial score (nSPS) is 38.7. The van der Waals surface area contributed by atoms with Gasteiger partial charge < -0.3 is 16.0 Å². The Kier molecular flexibility index (Phi) is 8.21. The number of amides is 2. The Balaban J connectivity index is 1.42. The highest BCUT2D eigenvalue weighted by Crippen LogP contribution is 2.43. The number of likely N-dealkylation sites (tertiary alicyclic amines) is 1. The zero-order valence-electron chi connectivity index (χ0n) is 21.6. The second kappa shape index (κ2) is 11.0. The molecule has 34 heavy (non-hydrogen) atoms. The van der Waals surface area contributed by atoms with Gasteiger partial charge in [0, 0.05) is 44.6 Å². The van der Waals surface area contributed by atoms with Gasteiger partial charge in [-0.1, -0.05) is 6.92 Å². The molecule has 3 aliphatic carbocycles. The second-order valence-electron chi connectivity index (χ2n) is 12.2. The minimum Gasteiger partial charge on any atom is -0.387 e. The summed E-state index contributed by atoms with van der Waals surface area (Å²) in [5.74, 6) is 2.95. The maximum absolute atomic E-state index is 13.6. The molecular weight excluding hydrogens is 426 g/mol. The molecule has 4 unspecified atom stereocenters. The van der Waals surface area contributed by atoms with Gasteiger partial charge in [-0.15, -0.1) is 0 Å². The number of hydrogen-bond donors (Lipinski definition) is 3. The summed E-state index contributed by atoms with van der Waals surface area (Å²) >= 11 is 0. The van der Waals surface area contributed by atoms with Crippen LogP contribution in [0, 0.1) is 35.0 Å². The van der Waals surface area contributed by atoms with E-state index in [1.807, 2.05) is 14.1 Å². The van der Waals surface area contributed by atoms with Gasteiger partial charge in [0.2, 0.25) is 11.8 Å². The maximum atomic E-state index is 13.6. The van der Waals surface area contributed by atoms with Crippen molar-refractivity contribution >= 4 is 17.6 Å². The summed E-state index contributed by atoms with van der Waals surface area (Å²) in [6, 6.07) is 0.623. The summed E-state index contributed by atoms with van der Waals surface area (Å²) in [5.41, 5.74) is 5.93. The molecule has 1 saturated heterocycles. The van der Waals surface area contributed by atoms with Crippen molar-refractivity contribution in [3.05, 3.63) is 0 Å². The van der Waals surface area contributed by atoms with E-state index >= 15 is 0 Å². The van der Waals surface area contributed by atoms with E-state index in [0.29, 0.717) is 29.8 Å². The Labute approximate surface area is 206 Å². The Morgan fingerprint density at radius 2 is 1.59 bits per heavy atom. The van der Waals surface area contributed by atoms with Crippen LogP contribution in [0.15, 0.2) is 0 Å². The topological polar surface area (TPSA) is 103 Å². The molecule has 0 aromatic carbocycles. The monoisotopic (exact) mass is 473 g/mol. The largest absolute Gasteiger partial charge is 0.387 e. The summed E-state index contributed by atoms with van der Waals surface area (Å²) in [4.78, 5) is 30.2. The number of hydrogen-bond acceptors (Lipinski definition) is 4. The van der Waals surface area contributed by atoms with Gasteiger partial charge in [0.25, 0.3) is 0 Å². The minimum absolute atomic E-state index is 0.0545. The van der Waals surface area contributed by atoms with Crippen LogP contribution in [-0.2, 0) is 9.59 Å². The number of carbonyl (C=O) groups excluding carboxylic acids is 2. The molecule has 4 aliphatic rings. The first kappa shape index (κ1) is 25.5. The fourth-order valence-electron chi connectivity index (χ4n) is 7.30. The molecule has 0 spiro atoms. The van der Waals surface area contributed by atoms with Crippen LogP contribution in [-0.4, -0.2) is 66.2 Å². The number of nitrogens with two attached hydrogens (primary N) is 1. The predicted octanol–water partition coefficient (Wildman–Crippen LogP) is 3.37. The molecule has 2 amide bonds. The summed E-state index contributed by atoms with van der Waals surface area (Å²) in [6.07, 6.45) is 12.6. The van der Waals surface area contributed by atoms with Crippen molar-refractivity contribution in [3.8, 4) is 0 Å². The van der Waals surface area contributed by atoms with E-state index in [0.717, 1.165) is 76.7 Å². The van der Waals surface area contributed by atoms with Crippen LogP contribution in [0.4, 0.5) is 0 Å². The zero-order valence-corrected chi connectivity index (χ0v) is 21.6. The highest BCUT2D eigenvalue weighted by Gasteiger charge is 2.48. The van der Waals surface area contributed by atoms with Crippen molar-refractivity contribution in [2.45, 2.75) is 102 Å². The van der Waals surface area contributed by atoms with Crippen molar-refractivity contribution in [1.82, 2.24) is 15.1 Å². The molecule has 1 aliphatic heterocycles. The van der Waals surface area contributed by atoms with Crippen LogP contribution in [0.1, 0.15) is 84.0 Å². The second-order valence-corrected chi connectivity index (χ2v) is 12.2. The highest BCUT2D eigenvalue weighted by molar-refractivity contribution is 5.83. The molecular formula is C27H47N5O2. The summed E-state index contributed by atoms with van der Waals surface area (Å²) in [6.45, 7) is 3.25. The van der Waals surface area contributed by atoms with Crippen molar-refractivity contribution in [2.24, 2.45) is 35.3 Å². The van der Waals surface area contributed by atoms with Gasteiger partial charge in [-0.25, -0.2) is 0 Å². The van der Waals surface area contributed by atoms with Crippen molar-refractivity contribution in [3.63, 3.8) is 0 Å². The lowest BCUT2D eigenvalue weighted by Crippen LogP contribution is -2.52. The lowest BCUT2D eigenvalue weighted by Gasteiger charge is -2.40. The van der Waals surface area contributed by atoms with E-state index in [2.05, 4.69) is 17.1 Å². The SMILES string of the molecule is CC1CCC(NC(=O)C2CC3CCC(C(=N)N)CC3N2CC2CCC(C(=O)N(C)C)CC2)CC1. The van der Waals surface area contributed by atoms with Crippen LogP contribution in [0.25, 0.3) is 0 Å². The molecule has 4 rings (SSSR count). The van der Waals surface area contributed by atoms with E-state index < -0.39 is 0 Å². The Morgan fingerprint density at radius 3 is 2.21 bits per heavy atom. The zero-order chi connectivity index (χ0) is 24.4. The number of nitrogens with zero attached hydrogens (tertiary/aromatic N) is 2.